The van der Waals surface area contributed by atoms with Gasteiger partial charge in [-0.05, 0) is 22.4 Å². The lowest BCUT2D eigenvalue weighted by molar-refractivity contribution is -0.138. The van der Waals surface area contributed by atoms with Crippen LogP contribution in [0.5, 0.6) is 0 Å². The van der Waals surface area contributed by atoms with Gasteiger partial charge >= 0.3 is 5.97 Å². The summed E-state index contributed by atoms with van der Waals surface area (Å²) in [6.07, 6.45) is 1.29. The van der Waals surface area contributed by atoms with Crippen molar-refractivity contribution in [3.05, 3.63) is 48.0 Å². The molecule has 0 saturated carbocycles. The van der Waals surface area contributed by atoms with E-state index in [2.05, 4.69) is 4.99 Å². The van der Waals surface area contributed by atoms with Gasteiger partial charge in [-0.25, -0.2) is 9.59 Å². The van der Waals surface area contributed by atoms with Crippen molar-refractivity contribution < 1.29 is 14.7 Å². The molecule has 0 aliphatic heterocycles. The Hall–Kier alpha value is -2.45. The molecule has 0 aromatic heterocycles. The minimum atomic E-state index is -1.18. The Morgan fingerprint density at radius 1 is 1.18 bits per heavy atom. The fourth-order valence-electron chi connectivity index (χ4n) is 1.70. The summed E-state index contributed by atoms with van der Waals surface area (Å²) in [5.74, 6) is -1.16. The Kier molecular flexibility index (Phi) is 2.99. The summed E-state index contributed by atoms with van der Waals surface area (Å²) >= 11 is 0. The number of carboxylic acid groups (broad SMARTS) is 1. The van der Waals surface area contributed by atoms with Crippen LogP contribution in [0.2, 0.25) is 0 Å². The van der Waals surface area contributed by atoms with Crippen LogP contribution >= 0.6 is 0 Å². The molecule has 0 bridgehead atoms. The first-order chi connectivity index (χ1) is 8.22. The third-order valence-corrected chi connectivity index (χ3v) is 2.50. The first-order valence-corrected chi connectivity index (χ1v) is 5.01. The van der Waals surface area contributed by atoms with Gasteiger partial charge in [0.05, 0.1) is 0 Å². The van der Waals surface area contributed by atoms with Gasteiger partial charge in [0, 0.05) is 0 Å². The van der Waals surface area contributed by atoms with Gasteiger partial charge in [0.15, 0.2) is 6.04 Å². The maximum absolute atomic E-state index is 11.0. The van der Waals surface area contributed by atoms with Crippen LogP contribution in [0.4, 0.5) is 0 Å². The maximum atomic E-state index is 11.0. The predicted molar refractivity (Wildman–Crippen MR) is 62.4 cm³/mol. The van der Waals surface area contributed by atoms with E-state index in [0.717, 1.165) is 10.8 Å². The molecule has 0 spiro atoms. The lowest BCUT2D eigenvalue weighted by Gasteiger charge is -2.07. The molecule has 4 heteroatoms. The number of rotatable bonds is 3. The monoisotopic (exact) mass is 227 g/mol. The standard InChI is InChI=1S/C13H9NO3/c15-8-14-12(13(16)17)11-6-5-9-3-1-2-4-10(9)7-11/h1-7,12H,(H,16,17). The quantitative estimate of drug-likeness (QED) is 0.646. The van der Waals surface area contributed by atoms with Gasteiger partial charge in [-0.2, -0.15) is 4.99 Å². The van der Waals surface area contributed by atoms with Crippen LogP contribution in [0.25, 0.3) is 10.8 Å². The van der Waals surface area contributed by atoms with Crippen molar-refractivity contribution in [3.63, 3.8) is 0 Å². The fourth-order valence-corrected chi connectivity index (χ4v) is 1.70. The first kappa shape index (κ1) is 11.0. The number of nitrogens with zero attached hydrogens (tertiary/aromatic N) is 1. The van der Waals surface area contributed by atoms with E-state index in [-0.39, 0.29) is 0 Å². The predicted octanol–water partition coefficient (Wildman–Crippen LogP) is 2.30. The van der Waals surface area contributed by atoms with Crippen molar-refractivity contribution in [1.29, 1.82) is 0 Å². The van der Waals surface area contributed by atoms with E-state index in [1.807, 2.05) is 24.3 Å². The van der Waals surface area contributed by atoms with Crippen LogP contribution in [0.15, 0.2) is 47.5 Å². The summed E-state index contributed by atoms with van der Waals surface area (Å²) in [7, 11) is 0. The molecule has 0 amide bonds. The smallest absolute Gasteiger partial charge is 0.334 e. The average molecular weight is 227 g/mol. The molecule has 0 fully saturated rings. The topological polar surface area (TPSA) is 66.7 Å². The third kappa shape index (κ3) is 2.22. The molecule has 84 valence electrons. The Morgan fingerprint density at radius 2 is 1.88 bits per heavy atom. The number of aliphatic imine (C=N–C) groups is 1. The van der Waals surface area contributed by atoms with Crippen LogP contribution in [0.1, 0.15) is 11.6 Å². The van der Waals surface area contributed by atoms with E-state index in [1.165, 1.54) is 6.08 Å². The summed E-state index contributed by atoms with van der Waals surface area (Å²) in [5, 5.41) is 10.9. The van der Waals surface area contributed by atoms with Crippen molar-refractivity contribution in [1.82, 2.24) is 0 Å². The number of hydrogen-bond donors (Lipinski definition) is 1. The number of aliphatic carboxylic acids is 1. The molecule has 0 aliphatic rings. The zero-order valence-corrected chi connectivity index (χ0v) is 8.83. The van der Waals surface area contributed by atoms with E-state index in [9.17, 15) is 9.59 Å². The van der Waals surface area contributed by atoms with Crippen molar-refractivity contribution in [2.75, 3.05) is 0 Å². The molecule has 0 heterocycles. The van der Waals surface area contributed by atoms with E-state index in [4.69, 9.17) is 5.11 Å². The molecule has 0 radical (unpaired) electrons. The third-order valence-electron chi connectivity index (χ3n) is 2.50. The van der Waals surface area contributed by atoms with E-state index < -0.39 is 12.0 Å². The van der Waals surface area contributed by atoms with Gasteiger partial charge in [0.25, 0.3) is 0 Å². The number of carbonyl (C=O) groups is 1. The van der Waals surface area contributed by atoms with Gasteiger partial charge in [-0.3, -0.25) is 0 Å². The second kappa shape index (κ2) is 4.60. The van der Waals surface area contributed by atoms with Gasteiger partial charge in [-0.15, -0.1) is 0 Å². The van der Waals surface area contributed by atoms with E-state index in [1.54, 1.807) is 18.2 Å². The average Bonchev–Trinajstić information content (AvgIpc) is 2.35. The zero-order valence-electron chi connectivity index (χ0n) is 8.83. The van der Waals surface area contributed by atoms with Crippen molar-refractivity contribution in [3.8, 4) is 0 Å². The molecule has 1 unspecified atom stereocenters. The van der Waals surface area contributed by atoms with Gasteiger partial charge in [0.1, 0.15) is 0 Å². The molecule has 0 aliphatic carbocycles. The number of carboxylic acids is 1. The second-order valence-electron chi connectivity index (χ2n) is 3.57. The molecule has 2 rings (SSSR count). The highest BCUT2D eigenvalue weighted by Gasteiger charge is 2.18. The molecule has 1 N–H and O–H groups in total. The number of carbonyl (C=O) groups excluding carboxylic acids is 1. The van der Waals surface area contributed by atoms with Crippen LogP contribution in [0, 0.1) is 0 Å². The lowest BCUT2D eigenvalue weighted by Crippen LogP contribution is -2.08. The summed E-state index contributed by atoms with van der Waals surface area (Å²) in [6.45, 7) is 0. The van der Waals surface area contributed by atoms with Crippen LogP contribution in [-0.2, 0) is 9.59 Å². The summed E-state index contributed by atoms with van der Waals surface area (Å²) in [5.41, 5.74) is 0.472. The van der Waals surface area contributed by atoms with Crippen molar-refractivity contribution in [2.24, 2.45) is 4.99 Å². The minimum Gasteiger partial charge on any atom is -0.479 e. The highest BCUT2D eigenvalue weighted by molar-refractivity contribution is 5.85. The highest BCUT2D eigenvalue weighted by Crippen LogP contribution is 2.22. The lowest BCUT2D eigenvalue weighted by atomic mass is 10.0. The number of hydrogen-bond acceptors (Lipinski definition) is 3. The maximum Gasteiger partial charge on any atom is 0.334 e. The van der Waals surface area contributed by atoms with Crippen molar-refractivity contribution in [2.45, 2.75) is 6.04 Å². The number of benzene rings is 2. The SMILES string of the molecule is O=C=NC(C(=O)O)c1ccc2ccccc2c1. The molecule has 0 saturated heterocycles. The van der Waals surface area contributed by atoms with Crippen molar-refractivity contribution >= 4 is 22.8 Å². The van der Waals surface area contributed by atoms with Crippen LogP contribution in [0.3, 0.4) is 0 Å². The van der Waals surface area contributed by atoms with Crippen LogP contribution < -0.4 is 0 Å². The first-order valence-electron chi connectivity index (χ1n) is 5.01. The summed E-state index contributed by atoms with van der Waals surface area (Å²) in [6, 6.07) is 11.6. The minimum absolute atomic E-state index is 0.472. The number of fused-ring (bicyclic) bond motifs is 1. The Balaban J connectivity index is 2.54. The Morgan fingerprint density at radius 3 is 2.53 bits per heavy atom. The van der Waals surface area contributed by atoms with E-state index >= 15 is 0 Å². The molecule has 2 aromatic carbocycles. The van der Waals surface area contributed by atoms with Gasteiger partial charge in [-0.1, -0.05) is 36.4 Å². The fraction of sp³-hybridized carbons (Fsp3) is 0.0769. The van der Waals surface area contributed by atoms with E-state index in [0.29, 0.717) is 5.56 Å². The highest BCUT2D eigenvalue weighted by atomic mass is 16.4. The Bertz CT molecular complexity index is 613. The normalized spacial score (nSPS) is 11.8. The summed E-state index contributed by atoms with van der Waals surface area (Å²) < 4.78 is 0. The molecule has 17 heavy (non-hydrogen) atoms. The molecular weight excluding hydrogens is 218 g/mol. The molecular formula is C13H9NO3. The van der Waals surface area contributed by atoms with Gasteiger partial charge in [0.2, 0.25) is 6.08 Å². The summed E-state index contributed by atoms with van der Waals surface area (Å²) in [4.78, 5) is 24.5. The number of isocyanates is 1. The van der Waals surface area contributed by atoms with Crippen LogP contribution in [-0.4, -0.2) is 17.2 Å². The molecule has 2 aromatic rings. The largest absolute Gasteiger partial charge is 0.479 e. The molecule has 1 atom stereocenters. The zero-order chi connectivity index (χ0) is 12.3. The Labute approximate surface area is 97.2 Å². The van der Waals surface area contributed by atoms with Gasteiger partial charge < -0.3 is 5.11 Å². The molecule has 4 nitrogen and oxygen atoms in total. The second-order valence-corrected chi connectivity index (χ2v) is 3.57.